The molecule has 1 fully saturated rings. The van der Waals surface area contributed by atoms with E-state index in [-0.39, 0.29) is 16.9 Å². The standard InChI is InChI=1S/C32H43N5O5S/c1-21-10-11-23(18-27(21)42-29-12-14-33-28(35-29)17-22-9-8-15-37(5)16-13-22)31(38)34-25-19-24(32(2,3)4)20-26(30(25)41-6)36-43(7,39)40/h10-12,14,18-20,22,36H,8-9,13,15-17H2,1-7H3,(H,34,38). The Kier molecular flexibility index (Phi) is 9.96. The van der Waals surface area contributed by atoms with E-state index in [1.54, 1.807) is 36.5 Å². The number of carbonyl (C=O) groups excluding carboxylic acids is 1. The SMILES string of the molecule is COc1c(NC(=O)c2ccc(C)c(Oc3ccnc(CC4CCCN(C)CC4)n3)c2)cc(C(C)(C)C)cc1NS(C)(=O)=O. The molecule has 0 spiro atoms. The van der Waals surface area contributed by atoms with E-state index in [0.29, 0.717) is 28.8 Å². The molecule has 10 nitrogen and oxygen atoms in total. The predicted octanol–water partition coefficient (Wildman–Crippen LogP) is 5.78. The maximum Gasteiger partial charge on any atom is 0.255 e. The van der Waals surface area contributed by atoms with E-state index in [2.05, 4.69) is 32.0 Å². The van der Waals surface area contributed by atoms with Gasteiger partial charge in [0.2, 0.25) is 15.9 Å². The molecule has 3 aromatic rings. The molecule has 1 aromatic heterocycles. The summed E-state index contributed by atoms with van der Waals surface area (Å²) < 4.78 is 38.4. The zero-order chi connectivity index (χ0) is 31.4. The number of likely N-dealkylation sites (tertiary alicyclic amines) is 1. The number of benzene rings is 2. The molecule has 1 saturated heterocycles. The Balaban J connectivity index is 1.56. The van der Waals surface area contributed by atoms with Crippen molar-refractivity contribution in [3.8, 4) is 17.4 Å². The van der Waals surface area contributed by atoms with Gasteiger partial charge in [0.05, 0.1) is 24.7 Å². The average Bonchev–Trinajstić information content (AvgIpc) is 3.12. The molecule has 0 saturated carbocycles. The molecule has 2 aromatic carbocycles. The third-order valence-electron chi connectivity index (χ3n) is 7.59. The van der Waals surface area contributed by atoms with Gasteiger partial charge in [0.25, 0.3) is 5.91 Å². The lowest BCUT2D eigenvalue weighted by Gasteiger charge is -2.24. The molecule has 0 bridgehead atoms. The molecule has 232 valence electrons. The van der Waals surface area contributed by atoms with Gasteiger partial charge in [0, 0.05) is 24.2 Å². The molecule has 1 unspecified atom stereocenters. The predicted molar refractivity (Wildman–Crippen MR) is 170 cm³/mol. The number of aromatic nitrogens is 2. The third-order valence-corrected chi connectivity index (χ3v) is 8.18. The first-order valence-electron chi connectivity index (χ1n) is 14.5. The van der Waals surface area contributed by atoms with Crippen LogP contribution < -0.4 is 19.5 Å². The van der Waals surface area contributed by atoms with Crippen molar-refractivity contribution in [2.45, 2.75) is 58.8 Å². The number of nitrogens with one attached hydrogen (secondary N) is 2. The highest BCUT2D eigenvalue weighted by molar-refractivity contribution is 7.92. The summed E-state index contributed by atoms with van der Waals surface area (Å²) in [5.74, 6) is 2.03. The van der Waals surface area contributed by atoms with Crippen LogP contribution in [0.25, 0.3) is 0 Å². The lowest BCUT2D eigenvalue weighted by Crippen LogP contribution is -2.19. The fourth-order valence-corrected chi connectivity index (χ4v) is 5.67. The molecule has 11 heteroatoms. The van der Waals surface area contributed by atoms with Gasteiger partial charge in [-0.2, -0.15) is 4.98 Å². The lowest BCUT2D eigenvalue weighted by atomic mass is 9.86. The first-order valence-corrected chi connectivity index (χ1v) is 16.4. The molecule has 1 amide bonds. The van der Waals surface area contributed by atoms with Crippen LogP contribution in [0.5, 0.6) is 17.4 Å². The molecule has 0 radical (unpaired) electrons. The number of aryl methyl sites for hydroxylation is 1. The largest absolute Gasteiger partial charge is 0.492 e. The topological polar surface area (TPSA) is 123 Å². The number of nitrogens with zero attached hydrogens (tertiary/aromatic N) is 3. The number of hydrogen-bond donors (Lipinski definition) is 2. The molecule has 1 aliphatic rings. The zero-order valence-electron chi connectivity index (χ0n) is 26.2. The summed E-state index contributed by atoms with van der Waals surface area (Å²) in [6, 6.07) is 10.4. The van der Waals surface area contributed by atoms with E-state index >= 15 is 0 Å². The van der Waals surface area contributed by atoms with E-state index in [0.717, 1.165) is 55.6 Å². The van der Waals surface area contributed by atoms with Crippen molar-refractivity contribution in [1.29, 1.82) is 0 Å². The van der Waals surface area contributed by atoms with Gasteiger partial charge in [0.15, 0.2) is 5.75 Å². The van der Waals surface area contributed by atoms with E-state index in [9.17, 15) is 13.2 Å². The van der Waals surface area contributed by atoms with Crippen molar-refractivity contribution < 1.29 is 22.7 Å². The van der Waals surface area contributed by atoms with E-state index in [1.165, 1.54) is 13.5 Å². The molecule has 1 atom stereocenters. The quantitative estimate of drug-likeness (QED) is 0.313. The van der Waals surface area contributed by atoms with Gasteiger partial charge in [-0.15, -0.1) is 0 Å². The van der Waals surface area contributed by atoms with E-state index < -0.39 is 15.9 Å². The Labute approximate surface area is 255 Å². The van der Waals surface area contributed by atoms with Gasteiger partial charge in [0.1, 0.15) is 11.6 Å². The summed E-state index contributed by atoms with van der Waals surface area (Å²) >= 11 is 0. The maximum absolute atomic E-state index is 13.5. The summed E-state index contributed by atoms with van der Waals surface area (Å²) in [5, 5.41) is 2.91. The van der Waals surface area contributed by atoms with Gasteiger partial charge < -0.3 is 19.7 Å². The summed E-state index contributed by atoms with van der Waals surface area (Å²) in [6.45, 7) is 10.1. The van der Waals surface area contributed by atoms with Crippen LogP contribution in [0.4, 0.5) is 11.4 Å². The van der Waals surface area contributed by atoms with Crippen molar-refractivity contribution in [2.75, 3.05) is 43.5 Å². The number of sulfonamides is 1. The minimum Gasteiger partial charge on any atom is -0.492 e. The van der Waals surface area contributed by atoms with Gasteiger partial charge in [-0.1, -0.05) is 26.8 Å². The number of anilines is 2. The Hall–Kier alpha value is -3.70. The molecule has 2 heterocycles. The number of carbonyl (C=O) groups is 1. The molecule has 2 N–H and O–H groups in total. The number of methoxy groups -OCH3 is 1. The Morgan fingerprint density at radius 3 is 2.53 bits per heavy atom. The molecule has 1 aliphatic heterocycles. The van der Waals surface area contributed by atoms with Crippen LogP contribution in [0.1, 0.15) is 67.3 Å². The highest BCUT2D eigenvalue weighted by atomic mass is 32.2. The number of hydrogen-bond acceptors (Lipinski definition) is 8. The monoisotopic (exact) mass is 609 g/mol. The zero-order valence-corrected chi connectivity index (χ0v) is 27.0. The normalized spacial score (nSPS) is 16.3. The van der Waals surface area contributed by atoms with E-state index in [1.807, 2.05) is 33.8 Å². The van der Waals surface area contributed by atoms with Crippen molar-refractivity contribution in [2.24, 2.45) is 5.92 Å². The van der Waals surface area contributed by atoms with Crippen LogP contribution in [-0.2, 0) is 21.9 Å². The first-order chi connectivity index (χ1) is 20.2. The Morgan fingerprint density at radius 1 is 1.09 bits per heavy atom. The highest BCUT2D eigenvalue weighted by Gasteiger charge is 2.23. The molecule has 4 rings (SSSR count). The summed E-state index contributed by atoms with van der Waals surface area (Å²) in [6.07, 6.45) is 7.04. The second-order valence-corrected chi connectivity index (χ2v) is 14.1. The molecule has 0 aliphatic carbocycles. The average molecular weight is 610 g/mol. The van der Waals surface area contributed by atoms with Crippen molar-refractivity contribution in [1.82, 2.24) is 14.9 Å². The van der Waals surface area contributed by atoms with Crippen LogP contribution in [0, 0.1) is 12.8 Å². The van der Waals surface area contributed by atoms with Crippen LogP contribution in [0.2, 0.25) is 0 Å². The molecular weight excluding hydrogens is 566 g/mol. The van der Waals surface area contributed by atoms with Crippen molar-refractivity contribution in [3.63, 3.8) is 0 Å². The van der Waals surface area contributed by atoms with Gasteiger partial charge >= 0.3 is 0 Å². The molecule has 43 heavy (non-hydrogen) atoms. The van der Waals surface area contributed by atoms with Crippen molar-refractivity contribution >= 4 is 27.3 Å². The number of ether oxygens (including phenoxy) is 2. The van der Waals surface area contributed by atoms with Gasteiger partial charge in [-0.05, 0) is 93.0 Å². The van der Waals surface area contributed by atoms with E-state index in [4.69, 9.17) is 9.47 Å². The van der Waals surface area contributed by atoms with Crippen molar-refractivity contribution in [3.05, 3.63) is 65.1 Å². The smallest absolute Gasteiger partial charge is 0.255 e. The second kappa shape index (κ2) is 13.3. The molecular formula is C32H43N5O5S. The first kappa shape index (κ1) is 32.2. The minimum absolute atomic E-state index is 0.212. The van der Waals surface area contributed by atoms with Crippen LogP contribution in [0.15, 0.2) is 42.6 Å². The minimum atomic E-state index is -3.60. The maximum atomic E-state index is 13.5. The number of amides is 1. The summed E-state index contributed by atoms with van der Waals surface area (Å²) in [4.78, 5) is 25.0. The van der Waals surface area contributed by atoms with Gasteiger partial charge in [-0.25, -0.2) is 13.4 Å². The second-order valence-electron chi connectivity index (χ2n) is 12.4. The van der Waals surface area contributed by atoms with Crippen LogP contribution in [-0.4, -0.2) is 62.7 Å². The Bertz CT molecular complexity index is 1570. The summed E-state index contributed by atoms with van der Waals surface area (Å²) in [5.41, 5.74) is 2.29. The van der Waals surface area contributed by atoms with Crippen LogP contribution >= 0.6 is 0 Å². The third kappa shape index (κ3) is 8.90. The Morgan fingerprint density at radius 2 is 1.84 bits per heavy atom. The van der Waals surface area contributed by atoms with Gasteiger partial charge in [-0.3, -0.25) is 9.52 Å². The number of rotatable bonds is 9. The lowest BCUT2D eigenvalue weighted by molar-refractivity contribution is 0.102. The highest BCUT2D eigenvalue weighted by Crippen LogP contribution is 2.39. The summed E-state index contributed by atoms with van der Waals surface area (Å²) in [7, 11) is -0.00505. The fraction of sp³-hybridized carbons (Fsp3) is 0.469. The fourth-order valence-electron chi connectivity index (χ4n) is 5.12. The van der Waals surface area contributed by atoms with Crippen LogP contribution in [0.3, 0.4) is 0 Å².